The number of esters is 1. The first-order valence-electron chi connectivity index (χ1n) is 7.18. The summed E-state index contributed by atoms with van der Waals surface area (Å²) in [5.41, 5.74) is 2.22. The Morgan fingerprint density at radius 3 is 3.15 bits per heavy atom. The van der Waals surface area contributed by atoms with Crippen molar-refractivity contribution in [2.24, 2.45) is 0 Å². The summed E-state index contributed by atoms with van der Waals surface area (Å²) in [5, 5.41) is 3.25. The van der Waals surface area contributed by atoms with Crippen LogP contribution in [0, 0.1) is 0 Å². The summed E-state index contributed by atoms with van der Waals surface area (Å²) >= 11 is 0. The average Bonchev–Trinajstić information content (AvgIpc) is 3.00. The zero-order chi connectivity index (χ0) is 13.9. The van der Waals surface area contributed by atoms with Gasteiger partial charge in [0.15, 0.2) is 11.5 Å². The molecule has 0 spiro atoms. The predicted octanol–water partition coefficient (Wildman–Crippen LogP) is 1.15. The molecule has 1 atom stereocenters. The van der Waals surface area contributed by atoms with Gasteiger partial charge in [0.1, 0.15) is 6.10 Å². The SMILES string of the molecule is CCOC(=O)c1nc(C2CCCO2)nc2c1CNCC2. The third-order valence-corrected chi connectivity index (χ3v) is 3.64. The maximum atomic E-state index is 12.1. The summed E-state index contributed by atoms with van der Waals surface area (Å²) in [6.45, 7) is 4.37. The molecule has 1 N–H and O–H groups in total. The van der Waals surface area contributed by atoms with Crippen molar-refractivity contribution in [1.82, 2.24) is 15.3 Å². The van der Waals surface area contributed by atoms with E-state index in [1.807, 2.05) is 0 Å². The largest absolute Gasteiger partial charge is 0.461 e. The number of fused-ring (bicyclic) bond motifs is 1. The highest BCUT2D eigenvalue weighted by molar-refractivity contribution is 5.89. The van der Waals surface area contributed by atoms with Gasteiger partial charge in [-0.05, 0) is 19.8 Å². The van der Waals surface area contributed by atoms with Crippen LogP contribution in [-0.4, -0.2) is 35.7 Å². The third-order valence-electron chi connectivity index (χ3n) is 3.64. The molecule has 1 fully saturated rings. The van der Waals surface area contributed by atoms with E-state index in [0.717, 1.165) is 43.7 Å². The summed E-state index contributed by atoms with van der Waals surface area (Å²) < 4.78 is 10.7. The predicted molar refractivity (Wildman–Crippen MR) is 71.3 cm³/mol. The van der Waals surface area contributed by atoms with Crippen molar-refractivity contribution >= 4 is 5.97 Å². The second-order valence-electron chi connectivity index (χ2n) is 5.00. The minimum atomic E-state index is -0.367. The van der Waals surface area contributed by atoms with E-state index in [0.29, 0.717) is 24.7 Å². The maximum absolute atomic E-state index is 12.1. The van der Waals surface area contributed by atoms with E-state index >= 15 is 0 Å². The minimum absolute atomic E-state index is 0.0802. The number of nitrogens with zero attached hydrogens (tertiary/aromatic N) is 2. The van der Waals surface area contributed by atoms with Crippen LogP contribution in [0.3, 0.4) is 0 Å². The second kappa shape index (κ2) is 5.85. The Morgan fingerprint density at radius 2 is 2.40 bits per heavy atom. The van der Waals surface area contributed by atoms with Crippen LogP contribution in [0.4, 0.5) is 0 Å². The van der Waals surface area contributed by atoms with Crippen LogP contribution in [0.1, 0.15) is 53.4 Å². The monoisotopic (exact) mass is 277 g/mol. The first-order chi connectivity index (χ1) is 9.79. The lowest BCUT2D eigenvalue weighted by atomic mass is 10.0. The van der Waals surface area contributed by atoms with E-state index in [1.54, 1.807) is 6.92 Å². The lowest BCUT2D eigenvalue weighted by Crippen LogP contribution is -2.29. The van der Waals surface area contributed by atoms with Crippen LogP contribution in [0.2, 0.25) is 0 Å². The van der Waals surface area contributed by atoms with Crippen molar-refractivity contribution in [2.45, 2.75) is 38.8 Å². The molecule has 6 nitrogen and oxygen atoms in total. The number of hydrogen-bond acceptors (Lipinski definition) is 6. The molecule has 2 aliphatic rings. The van der Waals surface area contributed by atoms with Crippen molar-refractivity contribution in [3.63, 3.8) is 0 Å². The molecule has 1 saturated heterocycles. The van der Waals surface area contributed by atoms with E-state index in [9.17, 15) is 4.79 Å². The van der Waals surface area contributed by atoms with Crippen LogP contribution in [0.5, 0.6) is 0 Å². The summed E-state index contributed by atoms with van der Waals surface area (Å²) in [7, 11) is 0. The summed E-state index contributed by atoms with van der Waals surface area (Å²) in [4.78, 5) is 21.2. The summed E-state index contributed by atoms with van der Waals surface area (Å²) in [6.07, 6.45) is 2.66. The van der Waals surface area contributed by atoms with Crippen molar-refractivity contribution in [1.29, 1.82) is 0 Å². The summed E-state index contributed by atoms with van der Waals surface area (Å²) in [6, 6.07) is 0. The molecule has 2 aliphatic heterocycles. The third kappa shape index (κ3) is 2.53. The first kappa shape index (κ1) is 13.5. The molecule has 3 rings (SSSR count). The molecule has 0 amide bonds. The second-order valence-corrected chi connectivity index (χ2v) is 5.00. The van der Waals surface area contributed by atoms with Crippen LogP contribution >= 0.6 is 0 Å². The molecular weight excluding hydrogens is 258 g/mol. The van der Waals surface area contributed by atoms with E-state index in [1.165, 1.54) is 0 Å². The number of nitrogens with one attached hydrogen (secondary N) is 1. The lowest BCUT2D eigenvalue weighted by molar-refractivity contribution is 0.0514. The molecule has 108 valence electrons. The fourth-order valence-corrected chi connectivity index (χ4v) is 2.66. The van der Waals surface area contributed by atoms with Crippen molar-refractivity contribution in [3.05, 3.63) is 22.8 Å². The Kier molecular flexibility index (Phi) is 3.93. The van der Waals surface area contributed by atoms with Gasteiger partial charge < -0.3 is 14.8 Å². The fraction of sp³-hybridized carbons (Fsp3) is 0.643. The number of carbonyl (C=O) groups excluding carboxylic acids is 1. The van der Waals surface area contributed by atoms with Gasteiger partial charge in [-0.15, -0.1) is 0 Å². The van der Waals surface area contributed by atoms with Gasteiger partial charge in [0, 0.05) is 31.7 Å². The van der Waals surface area contributed by atoms with Gasteiger partial charge in [-0.2, -0.15) is 0 Å². The number of carbonyl (C=O) groups is 1. The number of ether oxygens (including phenoxy) is 2. The van der Waals surface area contributed by atoms with E-state index < -0.39 is 0 Å². The van der Waals surface area contributed by atoms with Gasteiger partial charge >= 0.3 is 5.97 Å². The van der Waals surface area contributed by atoms with Gasteiger partial charge in [-0.25, -0.2) is 14.8 Å². The fourth-order valence-electron chi connectivity index (χ4n) is 2.66. The molecule has 0 radical (unpaired) electrons. The highest BCUT2D eigenvalue weighted by Gasteiger charge is 2.27. The van der Waals surface area contributed by atoms with E-state index in [-0.39, 0.29) is 12.1 Å². The number of aromatic nitrogens is 2. The molecule has 1 unspecified atom stereocenters. The number of rotatable bonds is 3. The van der Waals surface area contributed by atoms with Crippen LogP contribution in [-0.2, 0) is 22.4 Å². The van der Waals surface area contributed by atoms with Crippen molar-refractivity contribution in [2.75, 3.05) is 19.8 Å². The van der Waals surface area contributed by atoms with Crippen LogP contribution < -0.4 is 5.32 Å². The molecule has 0 aliphatic carbocycles. The zero-order valence-corrected chi connectivity index (χ0v) is 11.6. The quantitative estimate of drug-likeness (QED) is 0.836. The van der Waals surface area contributed by atoms with E-state index in [4.69, 9.17) is 9.47 Å². The molecule has 1 aromatic heterocycles. The first-order valence-corrected chi connectivity index (χ1v) is 7.18. The van der Waals surface area contributed by atoms with Gasteiger partial charge in [0.2, 0.25) is 0 Å². The molecule has 0 aromatic carbocycles. The Bertz CT molecular complexity index is 513. The topological polar surface area (TPSA) is 73.3 Å². The minimum Gasteiger partial charge on any atom is -0.461 e. The molecule has 0 saturated carbocycles. The van der Waals surface area contributed by atoms with Gasteiger partial charge in [0.25, 0.3) is 0 Å². The molecule has 0 bridgehead atoms. The van der Waals surface area contributed by atoms with E-state index in [2.05, 4.69) is 15.3 Å². The Labute approximate surface area is 117 Å². The van der Waals surface area contributed by atoms with Crippen molar-refractivity contribution in [3.8, 4) is 0 Å². The van der Waals surface area contributed by atoms with Crippen molar-refractivity contribution < 1.29 is 14.3 Å². The van der Waals surface area contributed by atoms with Crippen LogP contribution in [0.25, 0.3) is 0 Å². The molecule has 6 heteroatoms. The molecule has 20 heavy (non-hydrogen) atoms. The summed E-state index contributed by atoms with van der Waals surface area (Å²) in [5.74, 6) is 0.264. The van der Waals surface area contributed by atoms with Gasteiger partial charge in [-0.1, -0.05) is 0 Å². The highest BCUT2D eigenvalue weighted by atomic mass is 16.5. The highest BCUT2D eigenvalue weighted by Crippen LogP contribution is 2.28. The smallest absolute Gasteiger partial charge is 0.357 e. The Balaban J connectivity index is 2.00. The molecular formula is C14H19N3O3. The average molecular weight is 277 g/mol. The van der Waals surface area contributed by atoms with Gasteiger partial charge in [0.05, 0.1) is 12.3 Å². The Hall–Kier alpha value is -1.53. The maximum Gasteiger partial charge on any atom is 0.357 e. The normalized spacial score (nSPS) is 21.6. The standard InChI is InChI=1S/C14H19N3O3/c1-2-19-14(18)12-9-8-15-6-5-10(9)16-13(17-12)11-4-3-7-20-11/h11,15H,2-8H2,1H3. The number of hydrogen-bond donors (Lipinski definition) is 1. The molecule has 3 heterocycles. The zero-order valence-electron chi connectivity index (χ0n) is 11.6. The lowest BCUT2D eigenvalue weighted by Gasteiger charge is -2.20. The molecule has 1 aromatic rings. The van der Waals surface area contributed by atoms with Crippen LogP contribution in [0.15, 0.2) is 0 Å². The Morgan fingerprint density at radius 1 is 1.50 bits per heavy atom. The van der Waals surface area contributed by atoms with Gasteiger partial charge in [-0.3, -0.25) is 0 Å².